The summed E-state index contributed by atoms with van der Waals surface area (Å²) in [4.78, 5) is 27.1. The van der Waals surface area contributed by atoms with Gasteiger partial charge in [-0.05, 0) is 25.3 Å². The van der Waals surface area contributed by atoms with Crippen LogP contribution in [-0.2, 0) is 4.79 Å². The second-order valence-electron chi connectivity index (χ2n) is 5.51. The number of primary amides is 1. The minimum absolute atomic E-state index is 0.408. The number of hydrogen-bond acceptors (Lipinski definition) is 4. The Balaban J connectivity index is 1.85. The van der Waals surface area contributed by atoms with Gasteiger partial charge in [-0.1, -0.05) is 42.1 Å². The zero-order valence-electron chi connectivity index (χ0n) is 12.7. The molecule has 1 aliphatic rings. The van der Waals surface area contributed by atoms with Crippen molar-refractivity contribution in [2.45, 2.75) is 36.2 Å². The van der Waals surface area contributed by atoms with E-state index in [1.54, 1.807) is 6.92 Å². The average Bonchev–Trinajstić information content (AvgIpc) is 3.28. The van der Waals surface area contributed by atoms with Gasteiger partial charge < -0.3 is 10.3 Å². The number of imidazole rings is 1. The van der Waals surface area contributed by atoms with E-state index >= 15 is 0 Å². The van der Waals surface area contributed by atoms with Crippen LogP contribution in [0.25, 0.3) is 11.3 Å². The van der Waals surface area contributed by atoms with E-state index in [-0.39, 0.29) is 0 Å². The molecule has 1 atom stereocenters. The molecule has 7 heteroatoms. The SMILES string of the molecule is C[C@@H](Sc1ncc(-c2ccccc2)n1C1CC1)C(=O)NC(N)=O. The summed E-state index contributed by atoms with van der Waals surface area (Å²) in [5.74, 6) is -0.408. The molecule has 1 saturated carbocycles. The van der Waals surface area contributed by atoms with Crippen LogP contribution >= 0.6 is 11.8 Å². The van der Waals surface area contributed by atoms with Gasteiger partial charge in [-0.25, -0.2) is 9.78 Å². The fourth-order valence-corrected chi connectivity index (χ4v) is 3.33. The lowest BCUT2D eigenvalue weighted by Gasteiger charge is -2.13. The molecule has 3 amide bonds. The Bertz CT molecular complexity index is 725. The summed E-state index contributed by atoms with van der Waals surface area (Å²) in [6.45, 7) is 1.73. The van der Waals surface area contributed by atoms with Gasteiger partial charge in [0, 0.05) is 6.04 Å². The third kappa shape index (κ3) is 3.56. The van der Waals surface area contributed by atoms with Crippen LogP contribution in [0.4, 0.5) is 4.79 Å². The molecule has 6 nitrogen and oxygen atoms in total. The maximum absolute atomic E-state index is 11.9. The van der Waals surface area contributed by atoms with E-state index in [1.165, 1.54) is 11.8 Å². The summed E-state index contributed by atoms with van der Waals surface area (Å²) in [5.41, 5.74) is 7.15. The Hall–Kier alpha value is -2.28. The van der Waals surface area contributed by atoms with Crippen molar-refractivity contribution in [1.82, 2.24) is 14.9 Å². The maximum Gasteiger partial charge on any atom is 0.318 e. The number of imide groups is 1. The van der Waals surface area contributed by atoms with E-state index in [0.29, 0.717) is 6.04 Å². The summed E-state index contributed by atoms with van der Waals surface area (Å²) in [7, 11) is 0. The zero-order valence-corrected chi connectivity index (χ0v) is 13.5. The van der Waals surface area contributed by atoms with Crippen molar-refractivity contribution in [3.63, 3.8) is 0 Å². The Morgan fingerprint density at radius 2 is 2.04 bits per heavy atom. The molecule has 0 saturated heterocycles. The standard InChI is InChI=1S/C16H18N4O2S/c1-10(14(21)19-15(17)22)23-16-18-9-13(20(16)12-7-8-12)11-5-3-2-4-6-11/h2-6,9-10,12H,7-8H2,1H3,(H3,17,19,21,22)/t10-/m1/s1. The van der Waals surface area contributed by atoms with Crippen LogP contribution in [0.3, 0.4) is 0 Å². The normalized spacial score (nSPS) is 15.2. The van der Waals surface area contributed by atoms with Crippen LogP contribution in [0.15, 0.2) is 41.7 Å². The van der Waals surface area contributed by atoms with Gasteiger partial charge in [0.1, 0.15) is 0 Å². The minimum atomic E-state index is -0.835. The number of nitrogens with one attached hydrogen (secondary N) is 1. The smallest absolute Gasteiger partial charge is 0.318 e. The van der Waals surface area contributed by atoms with Crippen LogP contribution in [-0.4, -0.2) is 26.7 Å². The maximum atomic E-state index is 11.9. The molecular formula is C16H18N4O2S. The molecular weight excluding hydrogens is 312 g/mol. The Morgan fingerprint density at radius 1 is 1.35 bits per heavy atom. The van der Waals surface area contributed by atoms with E-state index < -0.39 is 17.2 Å². The van der Waals surface area contributed by atoms with Gasteiger partial charge in [-0.2, -0.15) is 0 Å². The van der Waals surface area contributed by atoms with Gasteiger partial charge in [0.2, 0.25) is 5.91 Å². The van der Waals surface area contributed by atoms with E-state index in [9.17, 15) is 9.59 Å². The molecule has 3 N–H and O–H groups in total. The number of carbonyl (C=O) groups excluding carboxylic acids is 2. The second-order valence-corrected chi connectivity index (χ2v) is 6.81. The van der Waals surface area contributed by atoms with Crippen LogP contribution in [0.1, 0.15) is 25.8 Å². The minimum Gasteiger partial charge on any atom is -0.351 e. The third-order valence-electron chi connectivity index (χ3n) is 3.64. The van der Waals surface area contributed by atoms with Crippen molar-refractivity contribution >= 4 is 23.7 Å². The molecule has 1 aliphatic carbocycles. The Labute approximate surface area is 138 Å². The van der Waals surface area contributed by atoms with E-state index in [2.05, 4.69) is 14.9 Å². The number of nitrogens with zero attached hydrogens (tertiary/aromatic N) is 2. The van der Waals surface area contributed by atoms with Crippen LogP contribution in [0, 0.1) is 0 Å². The van der Waals surface area contributed by atoms with Crippen LogP contribution in [0.2, 0.25) is 0 Å². The van der Waals surface area contributed by atoms with Crippen molar-refractivity contribution in [2.24, 2.45) is 5.73 Å². The second kappa shape index (κ2) is 6.45. The first kappa shape index (κ1) is 15.6. The number of urea groups is 1. The number of hydrogen-bond donors (Lipinski definition) is 2. The summed E-state index contributed by atoms with van der Waals surface area (Å²) in [6, 6.07) is 9.67. The molecule has 23 heavy (non-hydrogen) atoms. The molecule has 1 fully saturated rings. The molecule has 0 unspecified atom stereocenters. The number of aromatic nitrogens is 2. The molecule has 3 rings (SSSR count). The third-order valence-corrected chi connectivity index (χ3v) is 4.72. The van der Waals surface area contributed by atoms with Gasteiger partial charge in [-0.15, -0.1) is 0 Å². The highest BCUT2D eigenvalue weighted by atomic mass is 32.2. The quantitative estimate of drug-likeness (QED) is 0.824. The highest BCUT2D eigenvalue weighted by Gasteiger charge is 2.30. The van der Waals surface area contributed by atoms with Crippen molar-refractivity contribution in [1.29, 1.82) is 0 Å². The highest BCUT2D eigenvalue weighted by Crippen LogP contribution is 2.42. The van der Waals surface area contributed by atoms with Crippen molar-refractivity contribution < 1.29 is 9.59 Å². The van der Waals surface area contributed by atoms with Gasteiger partial charge >= 0.3 is 6.03 Å². The van der Waals surface area contributed by atoms with Crippen molar-refractivity contribution in [3.05, 3.63) is 36.5 Å². The lowest BCUT2D eigenvalue weighted by atomic mass is 10.2. The predicted molar refractivity (Wildman–Crippen MR) is 89.0 cm³/mol. The van der Waals surface area contributed by atoms with Gasteiger partial charge in [0.15, 0.2) is 5.16 Å². The topological polar surface area (TPSA) is 90.0 Å². The van der Waals surface area contributed by atoms with Crippen molar-refractivity contribution in [3.8, 4) is 11.3 Å². The largest absolute Gasteiger partial charge is 0.351 e. The molecule has 1 aromatic heterocycles. The summed E-state index contributed by atoms with van der Waals surface area (Å²) < 4.78 is 2.19. The van der Waals surface area contributed by atoms with Gasteiger partial charge in [0.25, 0.3) is 0 Å². The molecule has 120 valence electrons. The lowest BCUT2D eigenvalue weighted by Crippen LogP contribution is -2.39. The first-order valence-corrected chi connectivity index (χ1v) is 8.34. The number of amides is 3. The van der Waals surface area contributed by atoms with E-state index in [0.717, 1.165) is 29.3 Å². The molecule has 0 bridgehead atoms. The lowest BCUT2D eigenvalue weighted by molar-refractivity contribution is -0.119. The van der Waals surface area contributed by atoms with Gasteiger partial charge in [0.05, 0.1) is 17.1 Å². The molecule has 0 radical (unpaired) electrons. The number of thioether (sulfide) groups is 1. The van der Waals surface area contributed by atoms with Crippen LogP contribution < -0.4 is 11.1 Å². The summed E-state index contributed by atoms with van der Waals surface area (Å²) in [6.07, 6.45) is 4.08. The fraction of sp³-hybridized carbons (Fsp3) is 0.312. The number of nitrogens with two attached hydrogens (primary N) is 1. The molecule has 0 spiro atoms. The molecule has 1 heterocycles. The zero-order chi connectivity index (χ0) is 16.4. The summed E-state index contributed by atoms with van der Waals surface area (Å²) in [5, 5.41) is 2.45. The van der Waals surface area contributed by atoms with Crippen molar-refractivity contribution in [2.75, 3.05) is 0 Å². The number of rotatable bonds is 5. The average molecular weight is 330 g/mol. The van der Waals surface area contributed by atoms with E-state index in [1.807, 2.05) is 36.5 Å². The predicted octanol–water partition coefficient (Wildman–Crippen LogP) is 2.56. The Kier molecular flexibility index (Phi) is 4.38. The first-order chi connectivity index (χ1) is 11.1. The fourth-order valence-electron chi connectivity index (χ4n) is 2.37. The summed E-state index contributed by atoms with van der Waals surface area (Å²) >= 11 is 1.34. The molecule has 1 aromatic carbocycles. The number of benzene rings is 1. The Morgan fingerprint density at radius 3 is 2.65 bits per heavy atom. The monoisotopic (exact) mass is 330 g/mol. The number of carbonyl (C=O) groups is 2. The first-order valence-electron chi connectivity index (χ1n) is 7.46. The highest BCUT2D eigenvalue weighted by molar-refractivity contribution is 8.00. The van der Waals surface area contributed by atoms with E-state index in [4.69, 9.17) is 5.73 Å². The van der Waals surface area contributed by atoms with Gasteiger partial charge in [-0.3, -0.25) is 10.1 Å². The molecule has 2 aromatic rings. The van der Waals surface area contributed by atoms with Crippen LogP contribution in [0.5, 0.6) is 0 Å². The molecule has 0 aliphatic heterocycles.